The van der Waals surface area contributed by atoms with E-state index in [1.165, 1.54) is 0 Å². The monoisotopic (exact) mass is 257 g/mol. The molecule has 1 heterocycles. The molecule has 2 atom stereocenters. The van der Waals surface area contributed by atoms with Crippen LogP contribution in [0, 0.1) is 5.92 Å². The van der Waals surface area contributed by atoms with E-state index in [4.69, 9.17) is 9.84 Å². The molecule has 0 radical (unpaired) electrons. The predicted octanol–water partition coefficient (Wildman–Crippen LogP) is 1.56. The van der Waals surface area contributed by atoms with Crippen LogP contribution < -0.4 is 5.32 Å². The third-order valence-electron chi connectivity index (χ3n) is 3.28. The van der Waals surface area contributed by atoms with Crippen LogP contribution >= 0.6 is 0 Å². The smallest absolute Gasteiger partial charge is 0.320 e. The van der Waals surface area contributed by atoms with Gasteiger partial charge >= 0.3 is 11.9 Å². The second kappa shape index (κ2) is 7.36. The van der Waals surface area contributed by atoms with E-state index in [2.05, 4.69) is 5.32 Å². The van der Waals surface area contributed by atoms with Gasteiger partial charge in [0.05, 0.1) is 5.92 Å². The van der Waals surface area contributed by atoms with Gasteiger partial charge in [-0.2, -0.15) is 0 Å². The van der Waals surface area contributed by atoms with Gasteiger partial charge in [0.2, 0.25) is 0 Å². The summed E-state index contributed by atoms with van der Waals surface area (Å²) < 4.78 is 5.39. The third kappa shape index (κ3) is 4.29. The molecular weight excluding hydrogens is 234 g/mol. The topological polar surface area (TPSA) is 75.6 Å². The van der Waals surface area contributed by atoms with E-state index in [-0.39, 0.29) is 18.0 Å². The van der Waals surface area contributed by atoms with Crippen molar-refractivity contribution in [1.82, 2.24) is 5.32 Å². The van der Waals surface area contributed by atoms with Crippen molar-refractivity contribution in [2.45, 2.75) is 58.1 Å². The fourth-order valence-electron chi connectivity index (χ4n) is 2.32. The Balaban J connectivity index is 2.41. The fraction of sp³-hybridized carbons (Fsp3) is 0.846. The molecule has 0 aromatic heterocycles. The Bertz CT molecular complexity index is 287. The van der Waals surface area contributed by atoms with Crippen LogP contribution in [0.25, 0.3) is 0 Å². The van der Waals surface area contributed by atoms with Crippen LogP contribution in [0.5, 0.6) is 0 Å². The molecule has 5 heteroatoms. The van der Waals surface area contributed by atoms with Crippen molar-refractivity contribution in [3.05, 3.63) is 0 Å². The first-order valence-electron chi connectivity index (χ1n) is 6.75. The van der Waals surface area contributed by atoms with Crippen LogP contribution in [0.1, 0.15) is 46.0 Å². The SMILES string of the molecule is CCCC(CCC)C(=O)O[C@H]1CN[C@H](C(=O)O)C1. The van der Waals surface area contributed by atoms with Gasteiger partial charge in [-0.3, -0.25) is 9.59 Å². The van der Waals surface area contributed by atoms with Crippen LogP contribution in [0.3, 0.4) is 0 Å². The summed E-state index contributed by atoms with van der Waals surface area (Å²) in [4.78, 5) is 22.7. The minimum atomic E-state index is -0.882. The summed E-state index contributed by atoms with van der Waals surface area (Å²) in [7, 11) is 0. The molecule has 0 aromatic rings. The summed E-state index contributed by atoms with van der Waals surface area (Å²) in [5.74, 6) is -1.09. The van der Waals surface area contributed by atoms with Gasteiger partial charge in [0.15, 0.2) is 0 Å². The molecule has 18 heavy (non-hydrogen) atoms. The minimum Gasteiger partial charge on any atom is -0.480 e. The van der Waals surface area contributed by atoms with Gasteiger partial charge < -0.3 is 15.2 Å². The van der Waals surface area contributed by atoms with E-state index in [9.17, 15) is 9.59 Å². The zero-order chi connectivity index (χ0) is 13.5. The van der Waals surface area contributed by atoms with Gasteiger partial charge in [0, 0.05) is 13.0 Å². The summed E-state index contributed by atoms with van der Waals surface area (Å²) >= 11 is 0. The van der Waals surface area contributed by atoms with Crippen molar-refractivity contribution in [2.24, 2.45) is 5.92 Å². The van der Waals surface area contributed by atoms with Gasteiger partial charge in [-0.1, -0.05) is 26.7 Å². The Morgan fingerprint density at radius 3 is 2.39 bits per heavy atom. The quantitative estimate of drug-likeness (QED) is 0.677. The lowest BCUT2D eigenvalue weighted by atomic mass is 9.98. The Morgan fingerprint density at radius 2 is 1.94 bits per heavy atom. The summed E-state index contributed by atoms with van der Waals surface area (Å²) in [6, 6.07) is -0.585. The number of carbonyl (C=O) groups is 2. The third-order valence-corrected chi connectivity index (χ3v) is 3.28. The van der Waals surface area contributed by atoms with Crippen molar-refractivity contribution in [3.8, 4) is 0 Å². The maximum atomic E-state index is 12.0. The number of hydrogen-bond donors (Lipinski definition) is 2. The van der Waals surface area contributed by atoms with Gasteiger partial charge in [-0.05, 0) is 12.8 Å². The zero-order valence-corrected chi connectivity index (χ0v) is 11.1. The molecule has 1 saturated heterocycles. The molecular formula is C13H23NO4. The molecule has 0 unspecified atom stereocenters. The van der Waals surface area contributed by atoms with Crippen LogP contribution in [0.4, 0.5) is 0 Å². The van der Waals surface area contributed by atoms with Crippen molar-refractivity contribution < 1.29 is 19.4 Å². The molecule has 0 bridgehead atoms. The number of carboxylic acids is 1. The largest absolute Gasteiger partial charge is 0.480 e. The fourth-order valence-corrected chi connectivity index (χ4v) is 2.32. The highest BCUT2D eigenvalue weighted by Gasteiger charge is 2.32. The maximum Gasteiger partial charge on any atom is 0.320 e. The van der Waals surface area contributed by atoms with Gasteiger partial charge in [0.25, 0.3) is 0 Å². The minimum absolute atomic E-state index is 0.0381. The standard InChI is InChI=1S/C13H23NO4/c1-3-5-9(6-4-2)13(17)18-10-7-11(12(15)16)14-8-10/h9-11,14H,3-8H2,1-2H3,(H,15,16)/t10-,11+/m1/s1. The Morgan fingerprint density at radius 1 is 1.33 bits per heavy atom. The van der Waals surface area contributed by atoms with E-state index >= 15 is 0 Å². The molecule has 5 nitrogen and oxygen atoms in total. The first kappa shape index (κ1) is 15.0. The lowest BCUT2D eigenvalue weighted by Gasteiger charge is -2.17. The number of esters is 1. The Hall–Kier alpha value is -1.10. The number of carbonyl (C=O) groups excluding carboxylic acids is 1. The normalized spacial score (nSPS) is 23.3. The number of aliphatic carboxylic acids is 1. The van der Waals surface area contributed by atoms with E-state index in [1.54, 1.807) is 0 Å². The summed E-state index contributed by atoms with van der Waals surface area (Å²) in [5.41, 5.74) is 0. The highest BCUT2D eigenvalue weighted by Crippen LogP contribution is 2.19. The van der Waals surface area contributed by atoms with E-state index in [0.717, 1.165) is 25.7 Å². The van der Waals surface area contributed by atoms with E-state index in [1.807, 2.05) is 13.8 Å². The molecule has 0 spiro atoms. The first-order chi connectivity index (χ1) is 8.58. The van der Waals surface area contributed by atoms with E-state index < -0.39 is 12.0 Å². The molecule has 0 amide bonds. The van der Waals surface area contributed by atoms with Crippen LogP contribution in [-0.4, -0.2) is 35.7 Å². The summed E-state index contributed by atoms with van der Waals surface area (Å²) in [6.07, 6.45) is 3.67. The Labute approximate surface area is 108 Å². The van der Waals surface area contributed by atoms with E-state index in [0.29, 0.717) is 13.0 Å². The lowest BCUT2D eigenvalue weighted by molar-refractivity contribution is -0.154. The van der Waals surface area contributed by atoms with Crippen LogP contribution in [-0.2, 0) is 14.3 Å². The highest BCUT2D eigenvalue weighted by molar-refractivity contribution is 5.75. The number of ether oxygens (including phenoxy) is 1. The molecule has 104 valence electrons. The number of rotatable bonds is 7. The number of nitrogens with one attached hydrogen (secondary N) is 1. The van der Waals surface area contributed by atoms with Gasteiger partial charge in [-0.15, -0.1) is 0 Å². The second-order valence-electron chi connectivity index (χ2n) is 4.87. The number of carboxylic acid groups (broad SMARTS) is 1. The second-order valence-corrected chi connectivity index (χ2v) is 4.87. The summed E-state index contributed by atoms with van der Waals surface area (Å²) in [5, 5.41) is 11.7. The maximum absolute atomic E-state index is 12.0. The zero-order valence-electron chi connectivity index (χ0n) is 11.1. The Kier molecular flexibility index (Phi) is 6.12. The van der Waals surface area contributed by atoms with Gasteiger partial charge in [0.1, 0.15) is 12.1 Å². The molecule has 2 N–H and O–H groups in total. The van der Waals surface area contributed by atoms with Crippen molar-refractivity contribution in [1.29, 1.82) is 0 Å². The van der Waals surface area contributed by atoms with Crippen molar-refractivity contribution in [2.75, 3.05) is 6.54 Å². The van der Waals surface area contributed by atoms with Crippen molar-refractivity contribution >= 4 is 11.9 Å². The summed E-state index contributed by atoms with van der Waals surface area (Å²) in [6.45, 7) is 4.54. The molecule has 1 aliphatic rings. The average Bonchev–Trinajstić information content (AvgIpc) is 2.77. The molecule has 1 aliphatic heterocycles. The van der Waals surface area contributed by atoms with Crippen LogP contribution in [0.2, 0.25) is 0 Å². The highest BCUT2D eigenvalue weighted by atomic mass is 16.5. The van der Waals surface area contributed by atoms with Crippen LogP contribution in [0.15, 0.2) is 0 Å². The predicted molar refractivity (Wildman–Crippen MR) is 67.2 cm³/mol. The molecule has 0 saturated carbocycles. The molecule has 0 aliphatic carbocycles. The average molecular weight is 257 g/mol. The lowest BCUT2D eigenvalue weighted by Crippen LogP contribution is -2.30. The number of hydrogen-bond acceptors (Lipinski definition) is 4. The molecule has 1 fully saturated rings. The van der Waals surface area contributed by atoms with Gasteiger partial charge in [-0.25, -0.2) is 0 Å². The first-order valence-corrected chi connectivity index (χ1v) is 6.75. The molecule has 1 rings (SSSR count). The van der Waals surface area contributed by atoms with Crippen molar-refractivity contribution in [3.63, 3.8) is 0 Å². The molecule has 0 aromatic carbocycles.